The molecule has 0 heterocycles. The molecular formula is C13H21BrN2O3S. The fourth-order valence-corrected chi connectivity index (χ4v) is 3.64. The Balaban J connectivity index is 2.86. The van der Waals surface area contributed by atoms with Gasteiger partial charge in [0.1, 0.15) is 10.6 Å². The Hall–Kier alpha value is -0.630. The summed E-state index contributed by atoms with van der Waals surface area (Å²) in [7, 11) is -2.20. The van der Waals surface area contributed by atoms with Gasteiger partial charge in [0.05, 0.1) is 7.11 Å². The molecule has 0 saturated carbocycles. The number of nitrogens with one attached hydrogen (secondary N) is 1. The first-order chi connectivity index (χ1) is 9.26. The maximum absolute atomic E-state index is 12.3. The molecule has 1 aromatic rings. The lowest BCUT2D eigenvalue weighted by atomic mass is 10.1. The molecule has 20 heavy (non-hydrogen) atoms. The van der Waals surface area contributed by atoms with E-state index in [1.54, 1.807) is 12.1 Å². The molecule has 0 radical (unpaired) electrons. The third-order valence-electron chi connectivity index (χ3n) is 2.72. The minimum atomic E-state index is -3.64. The summed E-state index contributed by atoms with van der Waals surface area (Å²) in [4.78, 5) is 0.103. The normalized spacial score (nSPS) is 13.5. The van der Waals surface area contributed by atoms with E-state index in [9.17, 15) is 8.42 Å². The van der Waals surface area contributed by atoms with E-state index in [2.05, 4.69) is 20.7 Å². The van der Waals surface area contributed by atoms with Crippen molar-refractivity contribution in [1.29, 1.82) is 0 Å². The Bertz CT molecular complexity index is 547. The van der Waals surface area contributed by atoms with Gasteiger partial charge in [-0.15, -0.1) is 0 Å². The zero-order valence-electron chi connectivity index (χ0n) is 11.9. The van der Waals surface area contributed by atoms with Gasteiger partial charge in [-0.3, -0.25) is 0 Å². The molecule has 1 aromatic carbocycles. The summed E-state index contributed by atoms with van der Waals surface area (Å²) in [5, 5.41) is 0. The number of hydrogen-bond donors (Lipinski definition) is 2. The van der Waals surface area contributed by atoms with Crippen molar-refractivity contribution in [2.24, 2.45) is 11.7 Å². The first kappa shape index (κ1) is 17.4. The van der Waals surface area contributed by atoms with E-state index in [0.717, 1.165) is 6.42 Å². The largest absolute Gasteiger partial charge is 0.495 e. The Kier molecular flexibility index (Phi) is 6.44. The van der Waals surface area contributed by atoms with Gasteiger partial charge in [0.15, 0.2) is 0 Å². The summed E-state index contributed by atoms with van der Waals surface area (Å²) in [6.45, 7) is 4.30. The SMILES string of the molecule is COc1ccc(Br)cc1S(=O)(=O)NCC(N)CC(C)C. The second-order valence-corrected chi connectivity index (χ2v) is 7.69. The number of halogens is 1. The summed E-state index contributed by atoms with van der Waals surface area (Å²) in [6.07, 6.45) is 0.762. The minimum Gasteiger partial charge on any atom is -0.495 e. The Morgan fingerprint density at radius 2 is 2.05 bits per heavy atom. The van der Waals surface area contributed by atoms with E-state index in [1.807, 2.05) is 13.8 Å². The first-order valence-electron chi connectivity index (χ1n) is 6.35. The fraction of sp³-hybridized carbons (Fsp3) is 0.538. The number of hydrogen-bond acceptors (Lipinski definition) is 4. The lowest BCUT2D eigenvalue weighted by Crippen LogP contribution is -2.38. The molecule has 0 fully saturated rings. The van der Waals surface area contributed by atoms with E-state index in [-0.39, 0.29) is 17.5 Å². The predicted molar refractivity (Wildman–Crippen MR) is 83.3 cm³/mol. The van der Waals surface area contributed by atoms with Crippen molar-refractivity contribution < 1.29 is 13.2 Å². The van der Waals surface area contributed by atoms with Gasteiger partial charge in [0, 0.05) is 17.1 Å². The standard InChI is InChI=1S/C13H21BrN2O3S/c1-9(2)6-11(15)8-16-20(17,18)13-7-10(14)4-5-12(13)19-3/h4-5,7,9,11,16H,6,8,15H2,1-3H3. The topological polar surface area (TPSA) is 81.4 Å². The molecule has 0 spiro atoms. The van der Waals surface area contributed by atoms with Crippen LogP contribution in [0.15, 0.2) is 27.6 Å². The lowest BCUT2D eigenvalue weighted by molar-refractivity contribution is 0.402. The molecule has 114 valence electrons. The zero-order valence-corrected chi connectivity index (χ0v) is 14.3. The van der Waals surface area contributed by atoms with Crippen molar-refractivity contribution in [2.75, 3.05) is 13.7 Å². The lowest BCUT2D eigenvalue weighted by Gasteiger charge is -2.16. The van der Waals surface area contributed by atoms with Crippen molar-refractivity contribution in [3.63, 3.8) is 0 Å². The zero-order chi connectivity index (χ0) is 15.3. The van der Waals surface area contributed by atoms with Crippen LogP contribution in [0.5, 0.6) is 5.75 Å². The van der Waals surface area contributed by atoms with Gasteiger partial charge in [-0.2, -0.15) is 0 Å². The van der Waals surface area contributed by atoms with Crippen molar-refractivity contribution in [3.05, 3.63) is 22.7 Å². The number of benzene rings is 1. The summed E-state index contributed by atoms with van der Waals surface area (Å²) < 4.78 is 32.9. The average molecular weight is 365 g/mol. The van der Waals surface area contributed by atoms with Crippen LogP contribution in [0.1, 0.15) is 20.3 Å². The predicted octanol–water partition coefficient (Wildman–Crippen LogP) is 2.11. The molecule has 3 N–H and O–H groups in total. The molecule has 1 unspecified atom stereocenters. The van der Waals surface area contributed by atoms with Crippen LogP contribution < -0.4 is 15.2 Å². The van der Waals surface area contributed by atoms with Crippen LogP contribution in [0.2, 0.25) is 0 Å². The molecular weight excluding hydrogens is 344 g/mol. The van der Waals surface area contributed by atoms with Crippen molar-refractivity contribution in [1.82, 2.24) is 4.72 Å². The fourth-order valence-electron chi connectivity index (χ4n) is 1.84. The van der Waals surface area contributed by atoms with E-state index >= 15 is 0 Å². The number of rotatable bonds is 7. The van der Waals surface area contributed by atoms with Gasteiger partial charge in [0.2, 0.25) is 10.0 Å². The number of nitrogens with two attached hydrogens (primary N) is 1. The van der Waals surface area contributed by atoms with Gasteiger partial charge < -0.3 is 10.5 Å². The Morgan fingerprint density at radius 1 is 1.40 bits per heavy atom. The highest BCUT2D eigenvalue weighted by Gasteiger charge is 2.20. The van der Waals surface area contributed by atoms with E-state index in [1.165, 1.54) is 13.2 Å². The van der Waals surface area contributed by atoms with Gasteiger partial charge >= 0.3 is 0 Å². The molecule has 0 aromatic heterocycles. The molecule has 0 bridgehead atoms. The summed E-state index contributed by atoms with van der Waals surface area (Å²) in [6, 6.07) is 4.63. The van der Waals surface area contributed by atoms with Crippen LogP contribution in [-0.4, -0.2) is 28.1 Å². The quantitative estimate of drug-likeness (QED) is 0.776. The number of ether oxygens (including phenoxy) is 1. The van der Waals surface area contributed by atoms with E-state index in [0.29, 0.717) is 16.1 Å². The molecule has 1 atom stereocenters. The molecule has 0 aliphatic heterocycles. The Labute approximate surface area is 129 Å². The maximum atomic E-state index is 12.3. The number of sulfonamides is 1. The molecule has 1 rings (SSSR count). The molecule has 0 aliphatic carbocycles. The third-order valence-corrected chi connectivity index (χ3v) is 4.66. The van der Waals surface area contributed by atoms with Crippen LogP contribution in [-0.2, 0) is 10.0 Å². The second-order valence-electron chi connectivity index (χ2n) is 5.04. The van der Waals surface area contributed by atoms with Crippen LogP contribution in [0, 0.1) is 5.92 Å². The second kappa shape index (κ2) is 7.40. The van der Waals surface area contributed by atoms with Crippen LogP contribution in [0.4, 0.5) is 0 Å². The molecule has 0 aliphatic rings. The first-order valence-corrected chi connectivity index (χ1v) is 8.62. The minimum absolute atomic E-state index is 0.103. The van der Waals surface area contributed by atoms with Crippen LogP contribution in [0.3, 0.4) is 0 Å². The highest BCUT2D eigenvalue weighted by Crippen LogP contribution is 2.27. The highest BCUT2D eigenvalue weighted by molar-refractivity contribution is 9.10. The highest BCUT2D eigenvalue weighted by atomic mass is 79.9. The van der Waals surface area contributed by atoms with Crippen molar-refractivity contribution in [3.8, 4) is 5.75 Å². The average Bonchev–Trinajstić information content (AvgIpc) is 2.36. The van der Waals surface area contributed by atoms with Crippen LogP contribution >= 0.6 is 15.9 Å². The number of methoxy groups -OCH3 is 1. The van der Waals surface area contributed by atoms with E-state index < -0.39 is 10.0 Å². The van der Waals surface area contributed by atoms with Gasteiger partial charge in [-0.05, 0) is 30.5 Å². The van der Waals surface area contributed by atoms with Gasteiger partial charge in [0.25, 0.3) is 0 Å². The van der Waals surface area contributed by atoms with Crippen molar-refractivity contribution >= 4 is 26.0 Å². The van der Waals surface area contributed by atoms with Crippen molar-refractivity contribution in [2.45, 2.75) is 31.2 Å². The summed E-state index contributed by atoms with van der Waals surface area (Å²) in [5.41, 5.74) is 5.89. The maximum Gasteiger partial charge on any atom is 0.244 e. The molecule has 7 heteroatoms. The van der Waals surface area contributed by atoms with Gasteiger partial charge in [-0.1, -0.05) is 29.8 Å². The monoisotopic (exact) mass is 364 g/mol. The summed E-state index contributed by atoms with van der Waals surface area (Å²) >= 11 is 3.26. The summed E-state index contributed by atoms with van der Waals surface area (Å²) in [5.74, 6) is 0.730. The molecule has 0 saturated heterocycles. The Morgan fingerprint density at radius 3 is 2.60 bits per heavy atom. The molecule has 0 amide bonds. The third kappa shape index (κ3) is 5.05. The van der Waals surface area contributed by atoms with E-state index in [4.69, 9.17) is 10.5 Å². The molecule has 5 nitrogen and oxygen atoms in total. The smallest absolute Gasteiger partial charge is 0.244 e. The van der Waals surface area contributed by atoms with Gasteiger partial charge in [-0.25, -0.2) is 13.1 Å². The van der Waals surface area contributed by atoms with Crippen LogP contribution in [0.25, 0.3) is 0 Å².